The average molecular weight is 387 g/mol. The highest BCUT2D eigenvalue weighted by Crippen LogP contribution is 2.31. The van der Waals surface area contributed by atoms with Gasteiger partial charge in [-0.2, -0.15) is 0 Å². The number of ketones is 2. The third-order valence-electron chi connectivity index (χ3n) is 5.92. The van der Waals surface area contributed by atoms with Crippen molar-refractivity contribution in [1.29, 1.82) is 0 Å². The highest BCUT2D eigenvalue weighted by atomic mass is 16.5. The number of carbonyl (C=O) groups excluding carboxylic acids is 2. The molecule has 0 N–H and O–H groups in total. The highest BCUT2D eigenvalue weighted by Gasteiger charge is 2.32. The fraction of sp³-hybridized carbons (Fsp3) is 0.680. The summed E-state index contributed by atoms with van der Waals surface area (Å²) in [6.45, 7) is 5.10. The predicted molar refractivity (Wildman–Crippen MR) is 115 cm³/mol. The molecular weight excluding hydrogens is 348 g/mol. The van der Waals surface area contributed by atoms with Crippen molar-refractivity contribution in [3.63, 3.8) is 0 Å². The molecule has 1 aliphatic carbocycles. The number of benzene rings is 1. The van der Waals surface area contributed by atoms with Crippen LogP contribution in [-0.2, 0) is 16.0 Å². The highest BCUT2D eigenvalue weighted by molar-refractivity contribution is 6.03. The Morgan fingerprint density at radius 1 is 0.964 bits per heavy atom. The topological polar surface area (TPSA) is 43.4 Å². The minimum atomic E-state index is -0.378. The van der Waals surface area contributed by atoms with E-state index in [1.807, 2.05) is 24.3 Å². The van der Waals surface area contributed by atoms with E-state index in [0.29, 0.717) is 18.8 Å². The number of unbranched alkanes of at least 4 members (excludes halogenated alkanes) is 5. The molecule has 3 nitrogen and oxygen atoms in total. The number of Topliss-reactive ketones (excluding diaryl/α,β-unsaturated/α-hetero) is 2. The summed E-state index contributed by atoms with van der Waals surface area (Å²) >= 11 is 0. The minimum Gasteiger partial charge on any atom is -0.494 e. The standard InChI is InChI=1S/C25H38O3/c1-3-5-7-8-9-10-20-13-16-23(24(26)18-20)25(27)19-21-11-14-22(15-12-21)28-17-6-4-2/h11-12,14-15,20,23H,3-10,13,16-19H2,1-2H3. The van der Waals surface area contributed by atoms with Gasteiger partial charge in [0.25, 0.3) is 0 Å². The van der Waals surface area contributed by atoms with Gasteiger partial charge in [-0.25, -0.2) is 0 Å². The fourth-order valence-electron chi connectivity index (χ4n) is 4.08. The Morgan fingerprint density at radius 2 is 1.68 bits per heavy atom. The quantitative estimate of drug-likeness (QED) is 0.294. The van der Waals surface area contributed by atoms with Crippen LogP contribution in [0.1, 0.15) is 90.0 Å². The average Bonchev–Trinajstić information content (AvgIpc) is 2.69. The SMILES string of the molecule is CCCCCCCC1CCC(C(=O)Cc2ccc(OCCCC)cc2)C(=O)C1. The van der Waals surface area contributed by atoms with E-state index in [1.165, 1.54) is 32.1 Å². The first-order valence-electron chi connectivity index (χ1n) is 11.4. The van der Waals surface area contributed by atoms with Crippen LogP contribution in [0.5, 0.6) is 5.75 Å². The van der Waals surface area contributed by atoms with E-state index < -0.39 is 0 Å². The van der Waals surface area contributed by atoms with Gasteiger partial charge in [-0.1, -0.05) is 70.9 Å². The molecule has 1 saturated carbocycles. The van der Waals surface area contributed by atoms with Crippen LogP contribution in [0.4, 0.5) is 0 Å². The van der Waals surface area contributed by atoms with Crippen molar-refractivity contribution < 1.29 is 14.3 Å². The lowest BCUT2D eigenvalue weighted by molar-refractivity contribution is -0.135. The number of hydrogen-bond acceptors (Lipinski definition) is 3. The third kappa shape index (κ3) is 7.77. The van der Waals surface area contributed by atoms with Crippen molar-refractivity contribution in [2.45, 2.75) is 90.9 Å². The maximum Gasteiger partial charge on any atom is 0.147 e. The molecule has 1 aliphatic rings. The van der Waals surface area contributed by atoms with E-state index in [2.05, 4.69) is 13.8 Å². The van der Waals surface area contributed by atoms with Gasteiger partial charge >= 0.3 is 0 Å². The van der Waals surface area contributed by atoms with Crippen LogP contribution in [0.15, 0.2) is 24.3 Å². The summed E-state index contributed by atoms with van der Waals surface area (Å²) in [5.74, 6) is 1.23. The first kappa shape index (κ1) is 22.6. The molecule has 0 aliphatic heterocycles. The van der Waals surface area contributed by atoms with E-state index in [-0.39, 0.29) is 17.5 Å². The lowest BCUT2D eigenvalue weighted by atomic mass is 9.76. The lowest BCUT2D eigenvalue weighted by Gasteiger charge is -2.26. The Bertz CT molecular complexity index is 590. The van der Waals surface area contributed by atoms with Crippen molar-refractivity contribution in [2.24, 2.45) is 11.8 Å². The van der Waals surface area contributed by atoms with E-state index in [4.69, 9.17) is 4.74 Å². The molecule has 0 saturated heterocycles. The summed E-state index contributed by atoms with van der Waals surface area (Å²) in [4.78, 5) is 25.2. The second-order valence-electron chi connectivity index (χ2n) is 8.36. The molecule has 156 valence electrons. The van der Waals surface area contributed by atoms with Gasteiger partial charge in [-0.3, -0.25) is 9.59 Å². The van der Waals surface area contributed by atoms with Crippen LogP contribution in [0.2, 0.25) is 0 Å². The molecule has 1 fully saturated rings. The van der Waals surface area contributed by atoms with Crippen molar-refractivity contribution in [1.82, 2.24) is 0 Å². The zero-order valence-corrected chi connectivity index (χ0v) is 17.9. The summed E-state index contributed by atoms with van der Waals surface area (Å²) in [6, 6.07) is 7.75. The van der Waals surface area contributed by atoms with Gasteiger partial charge in [0.05, 0.1) is 12.5 Å². The molecule has 0 spiro atoms. The predicted octanol–water partition coefficient (Wildman–Crippen LogP) is 6.32. The summed E-state index contributed by atoms with van der Waals surface area (Å²) < 4.78 is 5.67. The molecule has 0 heterocycles. The monoisotopic (exact) mass is 386 g/mol. The number of carbonyl (C=O) groups is 2. The summed E-state index contributed by atoms with van der Waals surface area (Å²) in [7, 11) is 0. The summed E-state index contributed by atoms with van der Waals surface area (Å²) in [6.07, 6.45) is 12.4. The Balaban J connectivity index is 1.73. The molecule has 2 unspecified atom stereocenters. The molecule has 28 heavy (non-hydrogen) atoms. The number of hydrogen-bond donors (Lipinski definition) is 0. The molecule has 0 aromatic heterocycles. The van der Waals surface area contributed by atoms with E-state index in [1.54, 1.807) is 0 Å². The number of rotatable bonds is 13. The van der Waals surface area contributed by atoms with Gasteiger partial charge in [-0.15, -0.1) is 0 Å². The van der Waals surface area contributed by atoms with Gasteiger partial charge in [0, 0.05) is 12.8 Å². The summed E-state index contributed by atoms with van der Waals surface area (Å²) in [5.41, 5.74) is 0.971. The fourth-order valence-corrected chi connectivity index (χ4v) is 4.08. The molecular formula is C25H38O3. The molecule has 2 rings (SSSR count). The molecule has 3 heteroatoms. The largest absolute Gasteiger partial charge is 0.494 e. The molecule has 1 aromatic carbocycles. The normalized spacial score (nSPS) is 19.6. The number of ether oxygens (including phenoxy) is 1. The smallest absolute Gasteiger partial charge is 0.147 e. The van der Waals surface area contributed by atoms with Gasteiger partial charge < -0.3 is 4.74 Å². The van der Waals surface area contributed by atoms with Crippen LogP contribution >= 0.6 is 0 Å². The minimum absolute atomic E-state index is 0.0889. The Morgan fingerprint density at radius 3 is 2.36 bits per heavy atom. The van der Waals surface area contributed by atoms with Gasteiger partial charge in [0.15, 0.2) is 0 Å². The first-order chi connectivity index (χ1) is 13.6. The molecule has 1 aromatic rings. The molecule has 0 bridgehead atoms. The van der Waals surface area contributed by atoms with Crippen LogP contribution in [0, 0.1) is 11.8 Å². The van der Waals surface area contributed by atoms with Gasteiger partial charge in [0.1, 0.15) is 17.3 Å². The second-order valence-corrected chi connectivity index (χ2v) is 8.36. The summed E-state index contributed by atoms with van der Waals surface area (Å²) in [5, 5.41) is 0. The lowest BCUT2D eigenvalue weighted by Crippen LogP contribution is -2.32. The van der Waals surface area contributed by atoms with Crippen LogP contribution in [0.3, 0.4) is 0 Å². The van der Waals surface area contributed by atoms with Gasteiger partial charge in [-0.05, 0) is 42.9 Å². The van der Waals surface area contributed by atoms with Crippen molar-refractivity contribution in [2.75, 3.05) is 6.61 Å². The zero-order valence-electron chi connectivity index (χ0n) is 17.9. The first-order valence-corrected chi connectivity index (χ1v) is 11.4. The van der Waals surface area contributed by atoms with Crippen molar-refractivity contribution in [3.05, 3.63) is 29.8 Å². The Hall–Kier alpha value is -1.64. The van der Waals surface area contributed by atoms with Crippen LogP contribution in [-0.4, -0.2) is 18.2 Å². The Kier molecular flexibility index (Phi) is 10.3. The van der Waals surface area contributed by atoms with E-state index in [9.17, 15) is 9.59 Å². The van der Waals surface area contributed by atoms with Crippen molar-refractivity contribution >= 4 is 11.6 Å². The van der Waals surface area contributed by atoms with Gasteiger partial charge in [0.2, 0.25) is 0 Å². The van der Waals surface area contributed by atoms with Crippen LogP contribution in [0.25, 0.3) is 0 Å². The third-order valence-corrected chi connectivity index (χ3v) is 5.92. The zero-order chi connectivity index (χ0) is 20.2. The molecule has 2 atom stereocenters. The van der Waals surface area contributed by atoms with E-state index >= 15 is 0 Å². The Labute approximate surface area is 171 Å². The van der Waals surface area contributed by atoms with Crippen molar-refractivity contribution in [3.8, 4) is 5.75 Å². The molecule has 0 radical (unpaired) electrons. The van der Waals surface area contributed by atoms with Crippen LogP contribution < -0.4 is 4.74 Å². The molecule has 0 amide bonds. The maximum absolute atomic E-state index is 12.7. The second kappa shape index (κ2) is 12.7. The van der Waals surface area contributed by atoms with E-state index in [0.717, 1.165) is 50.0 Å². The maximum atomic E-state index is 12.7.